The third-order valence-electron chi connectivity index (χ3n) is 6.80. The Balaban J connectivity index is 1.25. The zero-order valence-electron chi connectivity index (χ0n) is 19.0. The Bertz CT molecular complexity index is 1730. The smallest absolute Gasteiger partial charge is 0.181 e. The first-order chi connectivity index (χ1) is 17.4. The van der Waals surface area contributed by atoms with Gasteiger partial charge in [-0.25, -0.2) is 19.9 Å². The van der Waals surface area contributed by atoms with Gasteiger partial charge in [0.25, 0.3) is 0 Å². The maximum Gasteiger partial charge on any atom is 0.181 e. The number of fused-ring (bicyclic) bond motifs is 4. The van der Waals surface area contributed by atoms with Crippen molar-refractivity contribution in [1.29, 1.82) is 0 Å². The summed E-state index contributed by atoms with van der Waals surface area (Å²) in [6.45, 7) is 0. The second kappa shape index (κ2) is 7.99. The first-order valence-corrected chi connectivity index (χ1v) is 11.8. The molecule has 35 heavy (non-hydrogen) atoms. The summed E-state index contributed by atoms with van der Waals surface area (Å²) in [6.07, 6.45) is 11.2. The second-order valence-electron chi connectivity index (χ2n) is 8.75. The third-order valence-corrected chi connectivity index (χ3v) is 6.80. The topological polar surface area (TPSA) is 56.5 Å². The van der Waals surface area contributed by atoms with Crippen LogP contribution < -0.4 is 0 Å². The highest BCUT2D eigenvalue weighted by molar-refractivity contribution is 6.09. The molecule has 0 spiro atoms. The number of rotatable bonds is 3. The van der Waals surface area contributed by atoms with E-state index < -0.39 is 0 Å². The van der Waals surface area contributed by atoms with Gasteiger partial charge in [0.1, 0.15) is 11.8 Å². The molecule has 0 fully saturated rings. The first kappa shape index (κ1) is 19.8. The van der Waals surface area contributed by atoms with Crippen molar-refractivity contribution in [3.63, 3.8) is 0 Å². The predicted octanol–water partition coefficient (Wildman–Crippen LogP) is 6.78. The molecule has 6 aromatic rings. The van der Waals surface area contributed by atoms with Crippen molar-refractivity contribution in [3.8, 4) is 5.69 Å². The number of hydrogen-bond acceptors (Lipinski definition) is 4. The van der Waals surface area contributed by atoms with Crippen molar-refractivity contribution >= 4 is 44.1 Å². The molecule has 0 saturated heterocycles. The predicted molar refractivity (Wildman–Crippen MR) is 141 cm³/mol. The van der Waals surface area contributed by atoms with Crippen molar-refractivity contribution < 1.29 is 0 Å². The van der Waals surface area contributed by atoms with Crippen LogP contribution in [0.3, 0.4) is 0 Å². The van der Waals surface area contributed by atoms with Crippen molar-refractivity contribution in [1.82, 2.24) is 24.5 Å². The Morgan fingerprint density at radius 1 is 0.600 bits per heavy atom. The lowest BCUT2D eigenvalue weighted by Gasteiger charge is -2.16. The largest absolute Gasteiger partial charge is 0.309 e. The van der Waals surface area contributed by atoms with Gasteiger partial charge in [-0.3, -0.25) is 0 Å². The van der Waals surface area contributed by atoms with Crippen molar-refractivity contribution in [2.75, 3.05) is 0 Å². The minimum Gasteiger partial charge on any atom is -0.309 e. The van der Waals surface area contributed by atoms with Crippen LogP contribution in [-0.4, -0.2) is 24.5 Å². The lowest BCUT2D eigenvalue weighted by molar-refractivity contribution is 1.04. The summed E-state index contributed by atoms with van der Waals surface area (Å²) < 4.78 is 2.35. The number of allylic oxidation sites excluding steroid dienone is 4. The second-order valence-corrected chi connectivity index (χ2v) is 8.75. The van der Waals surface area contributed by atoms with Gasteiger partial charge >= 0.3 is 0 Å². The molecular formula is C30H21N5. The van der Waals surface area contributed by atoms with E-state index in [9.17, 15) is 0 Å². The van der Waals surface area contributed by atoms with Gasteiger partial charge < -0.3 is 4.57 Å². The van der Waals surface area contributed by atoms with Crippen molar-refractivity contribution in [3.05, 3.63) is 115 Å². The van der Waals surface area contributed by atoms with Crippen LogP contribution in [0.2, 0.25) is 0 Å². The molecular weight excluding hydrogens is 430 g/mol. The molecule has 5 heteroatoms. The SMILES string of the molecule is C1=C(c2ccc(-n3c4ccccc4c4ccccc43)cc2)CCC(c2ncnc3nccnc23)=C1. The van der Waals surface area contributed by atoms with E-state index in [-0.39, 0.29) is 0 Å². The van der Waals surface area contributed by atoms with Crippen LogP contribution in [0.15, 0.2) is 104 Å². The molecule has 0 atom stereocenters. The Hall–Kier alpha value is -4.64. The fraction of sp³-hybridized carbons (Fsp3) is 0.0667. The van der Waals surface area contributed by atoms with Crippen LogP contribution in [0.25, 0.3) is 49.8 Å². The number of aromatic nitrogens is 5. The summed E-state index contributed by atoms with van der Waals surface area (Å²) in [4.78, 5) is 17.5. The summed E-state index contributed by atoms with van der Waals surface area (Å²) in [5.41, 5.74) is 9.64. The van der Waals surface area contributed by atoms with Gasteiger partial charge in [0.2, 0.25) is 0 Å². The molecule has 3 heterocycles. The normalized spacial score (nSPS) is 13.8. The maximum absolute atomic E-state index is 4.50. The van der Waals surface area contributed by atoms with E-state index in [1.165, 1.54) is 44.2 Å². The number of para-hydroxylation sites is 2. The summed E-state index contributed by atoms with van der Waals surface area (Å²) in [5.74, 6) is 0. The monoisotopic (exact) mass is 451 g/mol. The maximum atomic E-state index is 4.50. The Morgan fingerprint density at radius 3 is 1.97 bits per heavy atom. The quantitative estimate of drug-likeness (QED) is 0.298. The van der Waals surface area contributed by atoms with Crippen LogP contribution in [0.4, 0.5) is 0 Å². The van der Waals surface area contributed by atoms with E-state index in [1.807, 2.05) is 0 Å². The summed E-state index contributed by atoms with van der Waals surface area (Å²) in [6, 6.07) is 26.1. The molecule has 5 nitrogen and oxygen atoms in total. The Kier molecular flexibility index (Phi) is 4.52. The van der Waals surface area contributed by atoms with Crippen molar-refractivity contribution in [2.24, 2.45) is 0 Å². The van der Waals surface area contributed by atoms with Crippen LogP contribution in [-0.2, 0) is 0 Å². The average molecular weight is 452 g/mol. The summed E-state index contributed by atoms with van der Waals surface area (Å²) in [7, 11) is 0. The number of hydrogen-bond donors (Lipinski definition) is 0. The van der Waals surface area contributed by atoms with Gasteiger partial charge in [-0.1, -0.05) is 60.7 Å². The van der Waals surface area contributed by atoms with Gasteiger partial charge in [0.15, 0.2) is 5.65 Å². The third kappa shape index (κ3) is 3.24. The van der Waals surface area contributed by atoms with Crippen LogP contribution >= 0.6 is 0 Å². The molecule has 1 aliphatic carbocycles. The molecule has 3 aromatic carbocycles. The van der Waals surface area contributed by atoms with Gasteiger partial charge in [-0.15, -0.1) is 0 Å². The highest BCUT2D eigenvalue weighted by Gasteiger charge is 2.16. The molecule has 0 bridgehead atoms. The zero-order valence-corrected chi connectivity index (χ0v) is 19.0. The minimum atomic E-state index is 0.633. The van der Waals surface area contributed by atoms with Crippen LogP contribution in [0, 0.1) is 0 Å². The minimum absolute atomic E-state index is 0.633. The zero-order chi connectivity index (χ0) is 23.2. The van der Waals surface area contributed by atoms with E-state index in [0.717, 1.165) is 24.1 Å². The van der Waals surface area contributed by atoms with Crippen molar-refractivity contribution in [2.45, 2.75) is 12.8 Å². The fourth-order valence-corrected chi connectivity index (χ4v) is 5.13. The van der Waals surface area contributed by atoms with E-state index in [1.54, 1.807) is 18.7 Å². The standard InChI is InChI=1S/C30H21N5/c1-3-7-26-24(5-1)25-6-2-4-8-27(25)35(26)23-15-13-21(14-16-23)20-9-11-22(12-10-20)28-29-30(34-19-33-28)32-18-17-31-29/h1-9,11,13-19H,10,12H2. The van der Waals surface area contributed by atoms with E-state index in [2.05, 4.69) is 109 Å². The lowest BCUT2D eigenvalue weighted by atomic mass is 9.91. The van der Waals surface area contributed by atoms with Crippen LogP contribution in [0.5, 0.6) is 0 Å². The molecule has 0 unspecified atom stereocenters. The van der Waals surface area contributed by atoms with Gasteiger partial charge in [0.05, 0.1) is 16.7 Å². The fourth-order valence-electron chi connectivity index (χ4n) is 5.13. The molecule has 166 valence electrons. The van der Waals surface area contributed by atoms with Gasteiger partial charge in [-0.2, -0.15) is 0 Å². The Labute approximate surface area is 202 Å². The first-order valence-electron chi connectivity index (χ1n) is 11.8. The van der Waals surface area contributed by atoms with Crippen LogP contribution in [0.1, 0.15) is 24.1 Å². The van der Waals surface area contributed by atoms with Gasteiger partial charge in [0, 0.05) is 28.9 Å². The van der Waals surface area contributed by atoms with Gasteiger partial charge in [-0.05, 0) is 53.8 Å². The van der Waals surface area contributed by atoms with E-state index in [4.69, 9.17) is 0 Å². The lowest BCUT2D eigenvalue weighted by Crippen LogP contribution is -2.00. The summed E-state index contributed by atoms with van der Waals surface area (Å²) in [5, 5.41) is 2.56. The van der Waals surface area contributed by atoms with E-state index >= 15 is 0 Å². The average Bonchev–Trinajstić information content (AvgIpc) is 3.27. The van der Waals surface area contributed by atoms with E-state index in [0.29, 0.717) is 5.65 Å². The molecule has 0 amide bonds. The highest BCUT2D eigenvalue weighted by atomic mass is 15.0. The molecule has 0 saturated carbocycles. The summed E-state index contributed by atoms with van der Waals surface area (Å²) >= 11 is 0. The molecule has 1 aliphatic rings. The molecule has 0 aliphatic heterocycles. The Morgan fingerprint density at radius 2 is 1.26 bits per heavy atom. The molecule has 3 aromatic heterocycles. The molecule has 0 radical (unpaired) electrons. The molecule has 0 N–H and O–H groups in total. The highest BCUT2D eigenvalue weighted by Crippen LogP contribution is 2.35. The number of benzene rings is 3. The number of nitrogens with zero attached hydrogens (tertiary/aromatic N) is 5. The molecule has 7 rings (SSSR count).